The highest BCUT2D eigenvalue weighted by molar-refractivity contribution is 6.33. The molecule has 3 aliphatic rings. The van der Waals surface area contributed by atoms with E-state index >= 15 is 0 Å². The highest BCUT2D eigenvalue weighted by Crippen LogP contribution is 2.35. The second-order valence-corrected chi connectivity index (χ2v) is 9.60. The number of nitro benzene ring substituents is 1. The second-order valence-electron chi connectivity index (χ2n) is 9.19. The van der Waals surface area contributed by atoms with Crippen molar-refractivity contribution in [2.24, 2.45) is 10.2 Å². The van der Waals surface area contributed by atoms with Crippen molar-refractivity contribution in [3.8, 4) is 6.07 Å². The first-order chi connectivity index (χ1) is 16.3. The topological polar surface area (TPSA) is 107 Å². The smallest absolute Gasteiger partial charge is 0.272 e. The van der Waals surface area contributed by atoms with Crippen LogP contribution in [0, 0.1) is 28.4 Å². The number of non-ortho nitro benzene ring substituents is 1. The van der Waals surface area contributed by atoms with Crippen molar-refractivity contribution in [1.82, 2.24) is 10.2 Å². The van der Waals surface area contributed by atoms with Gasteiger partial charge in [0.1, 0.15) is 11.8 Å². The van der Waals surface area contributed by atoms with Gasteiger partial charge in [0.25, 0.3) is 5.69 Å². The average Bonchev–Trinajstić information content (AvgIpc) is 2.84. The molecule has 5 rings (SSSR count). The van der Waals surface area contributed by atoms with Crippen molar-refractivity contribution in [3.05, 3.63) is 62.2 Å². The number of nitrogens with zero attached hydrogens (tertiary/aromatic N) is 6. The maximum Gasteiger partial charge on any atom is 0.272 e. The van der Waals surface area contributed by atoms with Crippen LogP contribution >= 0.6 is 11.6 Å². The number of aryl methyl sites for hydroxylation is 1. The number of nitro groups is 1. The molecule has 2 aromatic carbocycles. The molecule has 9 nitrogen and oxygen atoms in total. The Morgan fingerprint density at radius 2 is 1.94 bits per heavy atom. The van der Waals surface area contributed by atoms with Crippen molar-refractivity contribution in [2.75, 3.05) is 52.4 Å². The number of azo groups is 1. The molecule has 2 bridgehead atoms. The maximum absolute atomic E-state index is 11.0. The molecule has 3 fully saturated rings. The summed E-state index contributed by atoms with van der Waals surface area (Å²) in [7, 11) is 0. The van der Waals surface area contributed by atoms with Crippen LogP contribution < -0.4 is 5.32 Å². The van der Waals surface area contributed by atoms with Crippen LogP contribution in [0.3, 0.4) is 0 Å². The summed E-state index contributed by atoms with van der Waals surface area (Å²) in [4.78, 5) is 13.0. The van der Waals surface area contributed by atoms with Gasteiger partial charge in [-0.05, 0) is 31.0 Å². The fourth-order valence-electron chi connectivity index (χ4n) is 4.74. The van der Waals surface area contributed by atoms with E-state index in [1.807, 2.05) is 25.1 Å². The number of nitriles is 1. The first kappa shape index (κ1) is 24.2. The third kappa shape index (κ3) is 5.26. The molecule has 0 aliphatic carbocycles. The number of fused-ring (bicyclic) bond motifs is 3. The van der Waals surface area contributed by atoms with Gasteiger partial charge in [-0.15, -0.1) is 5.11 Å². The first-order valence-corrected chi connectivity index (χ1v) is 11.9. The molecule has 0 amide bonds. The van der Waals surface area contributed by atoms with E-state index in [4.69, 9.17) is 11.6 Å². The quantitative estimate of drug-likeness (QED) is 0.255. The fraction of sp³-hybridized carbons (Fsp3) is 0.458. The van der Waals surface area contributed by atoms with Crippen LogP contribution in [0.1, 0.15) is 29.7 Å². The molecule has 0 saturated carbocycles. The van der Waals surface area contributed by atoms with Crippen molar-refractivity contribution in [1.29, 1.82) is 5.26 Å². The highest BCUT2D eigenvalue weighted by atomic mass is 35.5. The monoisotopic (exact) mass is 482 g/mol. The maximum atomic E-state index is 11.0. The molecule has 3 saturated heterocycles. The number of hydrogen-bond donors (Lipinski definition) is 1. The summed E-state index contributed by atoms with van der Waals surface area (Å²) in [6, 6.07) is 10.4. The van der Waals surface area contributed by atoms with E-state index in [2.05, 4.69) is 33.4 Å². The Balaban J connectivity index is 1.40. The van der Waals surface area contributed by atoms with Crippen molar-refractivity contribution < 1.29 is 9.41 Å². The zero-order chi connectivity index (χ0) is 24.3. The van der Waals surface area contributed by atoms with E-state index in [9.17, 15) is 15.4 Å². The van der Waals surface area contributed by atoms with Crippen LogP contribution in [-0.2, 0) is 0 Å². The summed E-state index contributed by atoms with van der Waals surface area (Å²) in [5.74, 6) is 0. The number of quaternary nitrogens is 1. The third-order valence-electron chi connectivity index (χ3n) is 7.07. The van der Waals surface area contributed by atoms with Crippen LogP contribution in [0.25, 0.3) is 0 Å². The van der Waals surface area contributed by atoms with E-state index in [-0.39, 0.29) is 28.0 Å². The van der Waals surface area contributed by atoms with Gasteiger partial charge in [-0.25, -0.2) is 0 Å². The zero-order valence-electron chi connectivity index (χ0n) is 19.5. The van der Waals surface area contributed by atoms with E-state index in [1.165, 1.54) is 61.9 Å². The standard InChI is InChI=1S/C24H29ClN7O2/c1-17-13-19(18(2)27-5-9-32-10-6-30(7-11-32)8-12-32)3-4-23(17)28-29-24-20(16-26)14-21(31(33)34)15-22(24)25/h3-4,13-15,18,27H,5-12H2,1-2H3/q+1. The number of piperazine rings is 3. The fourth-order valence-corrected chi connectivity index (χ4v) is 5.00. The molecule has 3 aliphatic heterocycles. The number of rotatable bonds is 8. The van der Waals surface area contributed by atoms with Crippen LogP contribution in [-0.4, -0.2) is 66.7 Å². The minimum atomic E-state index is -0.595. The van der Waals surface area contributed by atoms with Crippen LogP contribution in [0.4, 0.5) is 17.1 Å². The van der Waals surface area contributed by atoms with Gasteiger partial charge in [-0.3, -0.25) is 15.0 Å². The van der Waals surface area contributed by atoms with Crippen molar-refractivity contribution in [2.45, 2.75) is 19.9 Å². The van der Waals surface area contributed by atoms with Gasteiger partial charge in [-0.2, -0.15) is 10.4 Å². The van der Waals surface area contributed by atoms with Gasteiger partial charge in [0.05, 0.1) is 47.4 Å². The Bertz CT molecular complexity index is 1140. The number of hydrogen-bond acceptors (Lipinski definition) is 7. The van der Waals surface area contributed by atoms with E-state index in [1.54, 1.807) is 0 Å². The van der Waals surface area contributed by atoms with Gasteiger partial charge < -0.3 is 9.80 Å². The molecule has 2 aromatic rings. The van der Waals surface area contributed by atoms with Gasteiger partial charge >= 0.3 is 0 Å². The van der Waals surface area contributed by atoms with Gasteiger partial charge in [0, 0.05) is 44.4 Å². The molecule has 0 aromatic heterocycles. The lowest BCUT2D eigenvalue weighted by atomic mass is 10.0. The summed E-state index contributed by atoms with van der Waals surface area (Å²) in [5.41, 5.74) is 2.65. The summed E-state index contributed by atoms with van der Waals surface area (Å²) in [6.07, 6.45) is 0. The van der Waals surface area contributed by atoms with Crippen LogP contribution in [0.2, 0.25) is 5.02 Å². The largest absolute Gasteiger partial charge is 0.319 e. The molecule has 34 heavy (non-hydrogen) atoms. The van der Waals surface area contributed by atoms with Crippen molar-refractivity contribution >= 4 is 28.7 Å². The molecule has 178 valence electrons. The summed E-state index contributed by atoms with van der Waals surface area (Å²) in [6.45, 7) is 13.8. The van der Waals surface area contributed by atoms with Gasteiger partial charge in [0.15, 0.2) is 0 Å². The molecule has 10 heteroatoms. The first-order valence-electron chi connectivity index (χ1n) is 11.5. The zero-order valence-corrected chi connectivity index (χ0v) is 20.3. The van der Waals surface area contributed by atoms with Gasteiger partial charge in [-0.1, -0.05) is 23.7 Å². The Hall–Kier alpha value is -2.90. The Labute approximate surface area is 204 Å². The minimum absolute atomic E-state index is 0.0107. The molecular weight excluding hydrogens is 454 g/mol. The minimum Gasteiger partial charge on any atom is -0.319 e. The lowest BCUT2D eigenvalue weighted by Crippen LogP contribution is -2.68. The molecule has 1 atom stereocenters. The summed E-state index contributed by atoms with van der Waals surface area (Å²) < 4.78 is 1.24. The molecule has 0 spiro atoms. The van der Waals surface area contributed by atoms with Crippen molar-refractivity contribution in [3.63, 3.8) is 0 Å². The van der Waals surface area contributed by atoms with Gasteiger partial charge in [0.2, 0.25) is 0 Å². The Morgan fingerprint density at radius 1 is 1.24 bits per heavy atom. The summed E-state index contributed by atoms with van der Waals surface area (Å²) >= 11 is 6.14. The lowest BCUT2D eigenvalue weighted by Gasteiger charge is -2.50. The number of nitrogens with one attached hydrogen (secondary N) is 1. The van der Waals surface area contributed by atoms with E-state index < -0.39 is 4.92 Å². The SMILES string of the molecule is Cc1cc(C(C)NCC[N+]23CCN(CC2)CC3)ccc1N=Nc1c(Cl)cc([N+](=O)[O-])cc1C#N. The predicted octanol–water partition coefficient (Wildman–Crippen LogP) is 4.64. The average molecular weight is 483 g/mol. The number of benzene rings is 2. The second kappa shape index (κ2) is 10.2. The molecule has 1 unspecified atom stereocenters. The Kier molecular flexibility index (Phi) is 7.24. The molecule has 3 heterocycles. The Morgan fingerprint density at radius 3 is 2.56 bits per heavy atom. The van der Waals surface area contributed by atoms with Crippen LogP contribution in [0.15, 0.2) is 40.6 Å². The number of halogens is 1. The van der Waals surface area contributed by atoms with E-state index in [0.29, 0.717) is 5.69 Å². The highest BCUT2D eigenvalue weighted by Gasteiger charge is 2.37. The van der Waals surface area contributed by atoms with Crippen LogP contribution in [0.5, 0.6) is 0 Å². The third-order valence-corrected chi connectivity index (χ3v) is 7.35. The summed E-state index contributed by atoms with van der Waals surface area (Å²) in [5, 5.41) is 32.4. The molecular formula is C24H29ClN7O2+. The predicted molar refractivity (Wildman–Crippen MR) is 131 cm³/mol. The lowest BCUT2D eigenvalue weighted by molar-refractivity contribution is -0.939. The molecule has 0 radical (unpaired) electrons. The molecule has 1 N–H and O–H groups in total. The van der Waals surface area contributed by atoms with E-state index in [0.717, 1.165) is 18.2 Å². The normalized spacial score (nSPS) is 22.6.